The Hall–Kier alpha value is -3.55. The lowest BCUT2D eigenvalue weighted by atomic mass is 9.99. The first kappa shape index (κ1) is 24.2. The van der Waals surface area contributed by atoms with Gasteiger partial charge in [0.15, 0.2) is 5.78 Å². The van der Waals surface area contributed by atoms with E-state index in [9.17, 15) is 9.18 Å². The minimum atomic E-state index is -0.368. The Bertz CT molecular complexity index is 1430. The highest BCUT2D eigenvalue weighted by molar-refractivity contribution is 6.31. The number of nitrogens with zero attached hydrogens (tertiary/aromatic N) is 3. The summed E-state index contributed by atoms with van der Waals surface area (Å²) in [6.45, 7) is 4.87. The molecule has 0 amide bonds. The average Bonchev–Trinajstić information content (AvgIpc) is 2.87. The minimum absolute atomic E-state index is 0.117. The molecule has 5 rings (SSSR count). The fourth-order valence-electron chi connectivity index (χ4n) is 4.60. The van der Waals surface area contributed by atoms with E-state index in [1.165, 1.54) is 13.0 Å². The molecule has 36 heavy (non-hydrogen) atoms. The van der Waals surface area contributed by atoms with Crippen molar-refractivity contribution in [3.63, 3.8) is 0 Å². The summed E-state index contributed by atoms with van der Waals surface area (Å²) in [5, 5.41) is 4.48. The summed E-state index contributed by atoms with van der Waals surface area (Å²) in [7, 11) is 0. The van der Waals surface area contributed by atoms with E-state index in [2.05, 4.69) is 20.2 Å². The van der Waals surface area contributed by atoms with E-state index in [0.717, 1.165) is 48.4 Å². The van der Waals surface area contributed by atoms with Gasteiger partial charge >= 0.3 is 0 Å². The maximum atomic E-state index is 14.4. The second kappa shape index (κ2) is 9.84. The number of carbonyl (C=O) groups is 1. The molecule has 1 aliphatic heterocycles. The molecule has 1 atom stereocenters. The molecule has 1 aliphatic rings. The van der Waals surface area contributed by atoms with E-state index >= 15 is 0 Å². The SMILES string of the molecule is CC(=O)c1cnc2ccc(-c3cc(F)c(C)c(Cl)c3)cc2c1Nc1ccc(N2CCCC(N)C2)nc1. The molecule has 0 spiro atoms. The van der Waals surface area contributed by atoms with Gasteiger partial charge in [-0.25, -0.2) is 9.37 Å². The second-order valence-corrected chi connectivity index (χ2v) is 9.69. The molecule has 2 aromatic heterocycles. The highest BCUT2D eigenvalue weighted by Crippen LogP contribution is 2.34. The number of Topliss-reactive ketones (excluding diaryl/α,β-unsaturated/α-hetero) is 1. The molecule has 184 valence electrons. The van der Waals surface area contributed by atoms with E-state index in [-0.39, 0.29) is 17.6 Å². The standard InChI is InChI=1S/C28H27ClFN5O/c1-16-24(29)11-19(12-25(16)30)18-5-7-26-22(10-18)28(23(14-32-26)17(2)36)34-21-6-8-27(33-13-21)35-9-3-4-20(31)15-35/h5-8,10-14,20H,3-4,9,15,31H2,1-2H3,(H,32,34). The van der Waals surface area contributed by atoms with Crippen LogP contribution in [0.25, 0.3) is 22.0 Å². The van der Waals surface area contributed by atoms with Crippen LogP contribution in [-0.2, 0) is 0 Å². The molecule has 1 fully saturated rings. The Labute approximate surface area is 214 Å². The zero-order valence-corrected chi connectivity index (χ0v) is 20.9. The van der Waals surface area contributed by atoms with E-state index in [0.29, 0.717) is 32.9 Å². The molecule has 3 heterocycles. The van der Waals surface area contributed by atoms with Crippen LogP contribution in [0.4, 0.5) is 21.6 Å². The maximum Gasteiger partial charge on any atom is 0.163 e. The zero-order valence-electron chi connectivity index (χ0n) is 20.2. The van der Waals surface area contributed by atoms with Crippen molar-refractivity contribution in [2.45, 2.75) is 32.7 Å². The number of nitrogens with one attached hydrogen (secondary N) is 1. The molecule has 8 heteroatoms. The van der Waals surface area contributed by atoms with Crippen molar-refractivity contribution in [1.29, 1.82) is 0 Å². The molecule has 0 radical (unpaired) electrons. The molecule has 6 nitrogen and oxygen atoms in total. The largest absolute Gasteiger partial charge is 0.355 e. The number of hydrogen-bond donors (Lipinski definition) is 2. The number of anilines is 3. The number of nitrogens with two attached hydrogens (primary N) is 1. The number of piperidine rings is 1. The van der Waals surface area contributed by atoms with Gasteiger partial charge in [0.1, 0.15) is 11.6 Å². The van der Waals surface area contributed by atoms with E-state index in [1.807, 2.05) is 30.3 Å². The highest BCUT2D eigenvalue weighted by Gasteiger charge is 2.19. The van der Waals surface area contributed by atoms with Crippen molar-refractivity contribution in [2.24, 2.45) is 5.73 Å². The molecule has 1 saturated heterocycles. The van der Waals surface area contributed by atoms with Crippen LogP contribution in [-0.4, -0.2) is 34.9 Å². The smallest absolute Gasteiger partial charge is 0.163 e. The highest BCUT2D eigenvalue weighted by atomic mass is 35.5. The third-order valence-electron chi connectivity index (χ3n) is 6.66. The number of rotatable bonds is 5. The number of halogens is 2. The second-order valence-electron chi connectivity index (χ2n) is 9.28. The number of benzene rings is 2. The summed E-state index contributed by atoms with van der Waals surface area (Å²) in [5.41, 5.74) is 10.5. The number of aromatic nitrogens is 2. The molecule has 2 aromatic carbocycles. The van der Waals surface area contributed by atoms with Crippen molar-refractivity contribution in [3.05, 3.63) is 76.8 Å². The maximum absolute atomic E-state index is 14.4. The van der Waals surface area contributed by atoms with Crippen LogP contribution in [0.2, 0.25) is 5.02 Å². The van der Waals surface area contributed by atoms with Crippen LogP contribution in [0.5, 0.6) is 0 Å². The van der Waals surface area contributed by atoms with Crippen LogP contribution < -0.4 is 16.0 Å². The summed E-state index contributed by atoms with van der Waals surface area (Å²) in [6, 6.07) is 12.9. The lowest BCUT2D eigenvalue weighted by Gasteiger charge is -2.31. The van der Waals surface area contributed by atoms with Crippen LogP contribution in [0.15, 0.2) is 54.9 Å². The topological polar surface area (TPSA) is 84.1 Å². The Balaban J connectivity index is 1.54. The molecule has 1 unspecified atom stereocenters. The zero-order chi connectivity index (χ0) is 25.4. The Morgan fingerprint density at radius 1 is 1.14 bits per heavy atom. The van der Waals surface area contributed by atoms with Gasteiger partial charge in [-0.15, -0.1) is 0 Å². The van der Waals surface area contributed by atoms with E-state index in [1.54, 1.807) is 25.4 Å². The third kappa shape index (κ3) is 4.76. The van der Waals surface area contributed by atoms with Crippen molar-refractivity contribution in [3.8, 4) is 11.1 Å². The first-order valence-corrected chi connectivity index (χ1v) is 12.3. The molecule has 3 N–H and O–H groups in total. The first-order valence-electron chi connectivity index (χ1n) is 11.9. The van der Waals surface area contributed by atoms with Crippen molar-refractivity contribution < 1.29 is 9.18 Å². The summed E-state index contributed by atoms with van der Waals surface area (Å²) >= 11 is 6.24. The van der Waals surface area contributed by atoms with Gasteiger partial charge in [0.2, 0.25) is 0 Å². The van der Waals surface area contributed by atoms with Gasteiger partial charge in [-0.1, -0.05) is 17.7 Å². The van der Waals surface area contributed by atoms with Crippen molar-refractivity contribution >= 4 is 45.5 Å². The lowest BCUT2D eigenvalue weighted by molar-refractivity contribution is 0.101. The fourth-order valence-corrected chi connectivity index (χ4v) is 4.80. The molecule has 0 aliphatic carbocycles. The normalized spacial score (nSPS) is 15.8. The Morgan fingerprint density at radius 2 is 1.97 bits per heavy atom. The first-order chi connectivity index (χ1) is 17.3. The van der Waals surface area contributed by atoms with Crippen LogP contribution in [0.1, 0.15) is 35.7 Å². The predicted molar refractivity (Wildman–Crippen MR) is 144 cm³/mol. The fraction of sp³-hybridized carbons (Fsp3) is 0.250. The van der Waals surface area contributed by atoms with Crippen LogP contribution in [0, 0.1) is 12.7 Å². The number of pyridine rings is 2. The quantitative estimate of drug-likeness (QED) is 0.312. The van der Waals surface area contributed by atoms with E-state index in [4.69, 9.17) is 17.3 Å². The summed E-state index contributed by atoms with van der Waals surface area (Å²) in [6.07, 6.45) is 5.41. The van der Waals surface area contributed by atoms with E-state index < -0.39 is 0 Å². The third-order valence-corrected chi connectivity index (χ3v) is 7.05. The number of fused-ring (bicyclic) bond motifs is 1. The predicted octanol–water partition coefficient (Wildman–Crippen LogP) is 6.27. The van der Waals surface area contributed by atoms with Gasteiger partial charge in [-0.2, -0.15) is 0 Å². The van der Waals surface area contributed by atoms with Crippen molar-refractivity contribution in [2.75, 3.05) is 23.3 Å². The summed E-state index contributed by atoms with van der Waals surface area (Å²) in [4.78, 5) is 23.8. The Kier molecular flexibility index (Phi) is 6.60. The average molecular weight is 504 g/mol. The van der Waals surface area contributed by atoms with Crippen molar-refractivity contribution in [1.82, 2.24) is 9.97 Å². The van der Waals surface area contributed by atoms with Gasteiger partial charge < -0.3 is 16.0 Å². The van der Waals surface area contributed by atoms with Crippen LogP contribution >= 0.6 is 11.6 Å². The van der Waals surface area contributed by atoms with Gasteiger partial charge in [-0.05, 0) is 74.2 Å². The molecule has 0 saturated carbocycles. The number of ketones is 1. The minimum Gasteiger partial charge on any atom is -0.355 e. The molecular weight excluding hydrogens is 477 g/mol. The molecule has 0 bridgehead atoms. The van der Waals surface area contributed by atoms with Crippen LogP contribution in [0.3, 0.4) is 0 Å². The monoisotopic (exact) mass is 503 g/mol. The lowest BCUT2D eigenvalue weighted by Crippen LogP contribution is -2.43. The summed E-state index contributed by atoms with van der Waals surface area (Å²) < 4.78 is 14.4. The van der Waals surface area contributed by atoms with Gasteiger partial charge in [0.25, 0.3) is 0 Å². The summed E-state index contributed by atoms with van der Waals surface area (Å²) in [5.74, 6) is 0.392. The van der Waals surface area contributed by atoms with Gasteiger partial charge in [0.05, 0.1) is 28.7 Å². The van der Waals surface area contributed by atoms with Gasteiger partial charge in [0, 0.05) is 41.3 Å². The molecule has 4 aromatic rings. The number of hydrogen-bond acceptors (Lipinski definition) is 6. The molecular formula is C28H27ClFN5O. The number of carbonyl (C=O) groups excluding carboxylic acids is 1. The Morgan fingerprint density at radius 3 is 2.67 bits per heavy atom. The van der Waals surface area contributed by atoms with Gasteiger partial charge in [-0.3, -0.25) is 9.78 Å².